The van der Waals surface area contributed by atoms with Crippen LogP contribution in [0.4, 0.5) is 18.9 Å². The molecule has 0 aliphatic rings. The Morgan fingerprint density at radius 1 is 1.29 bits per heavy atom. The summed E-state index contributed by atoms with van der Waals surface area (Å²) < 4.78 is 38.7. The summed E-state index contributed by atoms with van der Waals surface area (Å²) >= 11 is 5.56. The number of hydrogen-bond acceptors (Lipinski definition) is 1. The molecule has 1 aromatic rings. The Morgan fingerprint density at radius 3 is 2.41 bits per heavy atom. The van der Waals surface area contributed by atoms with Crippen LogP contribution in [0.15, 0.2) is 18.2 Å². The van der Waals surface area contributed by atoms with Gasteiger partial charge in [-0.1, -0.05) is 13.0 Å². The second-order valence-corrected chi connectivity index (χ2v) is 4.17. The van der Waals surface area contributed by atoms with Gasteiger partial charge in [0.15, 0.2) is 0 Å². The molecular weight excluding hydrogens is 251 g/mol. The Balaban J connectivity index is 3.20. The molecule has 1 nitrogen and oxygen atoms in total. The van der Waals surface area contributed by atoms with Gasteiger partial charge in [-0.25, -0.2) is 0 Å². The van der Waals surface area contributed by atoms with Crippen molar-refractivity contribution in [2.45, 2.75) is 25.4 Å². The molecule has 17 heavy (non-hydrogen) atoms. The predicted molar refractivity (Wildman–Crippen MR) is 64.6 cm³/mol. The fourth-order valence-electron chi connectivity index (χ4n) is 1.68. The average molecular weight is 266 g/mol. The van der Waals surface area contributed by atoms with Gasteiger partial charge in [0.25, 0.3) is 0 Å². The van der Waals surface area contributed by atoms with E-state index in [9.17, 15) is 13.2 Å². The molecule has 0 heterocycles. The highest BCUT2D eigenvalue weighted by atomic mass is 35.5. The number of halogens is 4. The monoisotopic (exact) mass is 265 g/mol. The minimum Gasteiger partial charge on any atom is -0.374 e. The molecule has 0 aromatic heterocycles. The molecule has 0 unspecified atom stereocenters. The van der Waals surface area contributed by atoms with Gasteiger partial charge in [-0.2, -0.15) is 13.2 Å². The molecule has 0 fully saturated rings. The maximum Gasteiger partial charge on any atom is 0.418 e. The minimum absolute atomic E-state index is 0.0842. The SMILES string of the molecule is CCCN(C)c1ccc(CCl)cc1C(F)(F)F. The van der Waals surface area contributed by atoms with Crippen LogP contribution >= 0.6 is 11.6 Å². The van der Waals surface area contributed by atoms with Crippen molar-refractivity contribution < 1.29 is 13.2 Å². The lowest BCUT2D eigenvalue weighted by Gasteiger charge is -2.23. The molecule has 1 rings (SSSR count). The van der Waals surface area contributed by atoms with Gasteiger partial charge in [-0.05, 0) is 24.1 Å². The van der Waals surface area contributed by atoms with Crippen LogP contribution in [0.1, 0.15) is 24.5 Å². The van der Waals surface area contributed by atoms with E-state index in [1.807, 2.05) is 6.92 Å². The molecule has 0 bridgehead atoms. The zero-order valence-electron chi connectivity index (χ0n) is 9.81. The van der Waals surface area contributed by atoms with Crippen LogP contribution < -0.4 is 4.90 Å². The number of alkyl halides is 4. The quantitative estimate of drug-likeness (QED) is 0.734. The molecule has 0 radical (unpaired) electrons. The van der Waals surface area contributed by atoms with Crippen LogP contribution in [0, 0.1) is 0 Å². The number of nitrogens with zero attached hydrogens (tertiary/aromatic N) is 1. The highest BCUT2D eigenvalue weighted by Crippen LogP contribution is 2.37. The van der Waals surface area contributed by atoms with Crippen molar-refractivity contribution in [2.75, 3.05) is 18.5 Å². The Morgan fingerprint density at radius 2 is 1.94 bits per heavy atom. The lowest BCUT2D eigenvalue weighted by molar-refractivity contribution is -0.137. The molecular formula is C12H15ClF3N. The van der Waals surface area contributed by atoms with E-state index in [0.717, 1.165) is 12.5 Å². The van der Waals surface area contributed by atoms with Crippen molar-refractivity contribution in [3.05, 3.63) is 29.3 Å². The third-order valence-electron chi connectivity index (χ3n) is 2.49. The molecule has 0 amide bonds. The van der Waals surface area contributed by atoms with E-state index in [2.05, 4.69) is 0 Å². The number of rotatable bonds is 4. The molecule has 0 saturated carbocycles. The van der Waals surface area contributed by atoms with Gasteiger partial charge >= 0.3 is 6.18 Å². The van der Waals surface area contributed by atoms with Crippen molar-refractivity contribution in [2.24, 2.45) is 0 Å². The number of anilines is 1. The van der Waals surface area contributed by atoms with Gasteiger partial charge in [0.1, 0.15) is 0 Å². The first-order chi connectivity index (χ1) is 7.90. The van der Waals surface area contributed by atoms with Crippen LogP contribution in [-0.2, 0) is 12.1 Å². The van der Waals surface area contributed by atoms with E-state index in [1.54, 1.807) is 18.0 Å². The first-order valence-electron chi connectivity index (χ1n) is 5.37. The molecule has 96 valence electrons. The summed E-state index contributed by atoms with van der Waals surface area (Å²) in [5.41, 5.74) is 0.0625. The summed E-state index contributed by atoms with van der Waals surface area (Å²) in [6.07, 6.45) is -3.55. The largest absolute Gasteiger partial charge is 0.418 e. The van der Waals surface area contributed by atoms with E-state index in [1.165, 1.54) is 6.07 Å². The average Bonchev–Trinajstić information content (AvgIpc) is 2.27. The second kappa shape index (κ2) is 5.63. The summed E-state index contributed by atoms with van der Waals surface area (Å²) in [6, 6.07) is 4.23. The fourth-order valence-corrected chi connectivity index (χ4v) is 1.85. The fraction of sp³-hybridized carbons (Fsp3) is 0.500. The summed E-state index contributed by atoms with van der Waals surface area (Å²) in [4.78, 5) is 1.61. The van der Waals surface area contributed by atoms with Crippen molar-refractivity contribution in [3.63, 3.8) is 0 Å². The molecule has 0 N–H and O–H groups in total. The molecule has 0 aliphatic carbocycles. The first-order valence-corrected chi connectivity index (χ1v) is 5.90. The van der Waals surface area contributed by atoms with Gasteiger partial charge in [0.05, 0.1) is 5.56 Å². The van der Waals surface area contributed by atoms with E-state index in [-0.39, 0.29) is 11.6 Å². The van der Waals surface area contributed by atoms with Gasteiger partial charge in [0, 0.05) is 25.2 Å². The van der Waals surface area contributed by atoms with Crippen LogP contribution in [0.2, 0.25) is 0 Å². The zero-order valence-corrected chi connectivity index (χ0v) is 10.6. The predicted octanol–water partition coefficient (Wildman–Crippen LogP) is 4.29. The maximum atomic E-state index is 12.9. The summed E-state index contributed by atoms with van der Waals surface area (Å²) in [5.74, 6) is 0.0842. The van der Waals surface area contributed by atoms with Crippen molar-refractivity contribution in [1.82, 2.24) is 0 Å². The van der Waals surface area contributed by atoms with E-state index in [4.69, 9.17) is 11.6 Å². The number of hydrogen-bond donors (Lipinski definition) is 0. The molecule has 0 aliphatic heterocycles. The van der Waals surface area contributed by atoms with Gasteiger partial charge in [-0.15, -0.1) is 11.6 Å². The highest BCUT2D eigenvalue weighted by Gasteiger charge is 2.34. The highest BCUT2D eigenvalue weighted by molar-refractivity contribution is 6.17. The third-order valence-corrected chi connectivity index (χ3v) is 2.80. The Bertz CT molecular complexity index is 377. The van der Waals surface area contributed by atoms with Crippen molar-refractivity contribution >= 4 is 17.3 Å². The summed E-state index contributed by atoms with van der Waals surface area (Å²) in [6.45, 7) is 2.51. The summed E-state index contributed by atoms with van der Waals surface area (Å²) in [7, 11) is 1.66. The van der Waals surface area contributed by atoms with Crippen LogP contribution in [0.5, 0.6) is 0 Å². The number of benzene rings is 1. The van der Waals surface area contributed by atoms with Gasteiger partial charge < -0.3 is 4.90 Å². The topological polar surface area (TPSA) is 3.24 Å². The Labute approximate surface area is 104 Å². The van der Waals surface area contributed by atoms with Crippen LogP contribution in [0.3, 0.4) is 0 Å². The molecule has 0 atom stereocenters. The molecule has 0 saturated heterocycles. The Kier molecular flexibility index (Phi) is 4.69. The minimum atomic E-state index is -4.35. The Hall–Kier alpha value is -0.900. The molecule has 0 spiro atoms. The van der Waals surface area contributed by atoms with Crippen molar-refractivity contribution in [1.29, 1.82) is 0 Å². The zero-order chi connectivity index (χ0) is 13.1. The van der Waals surface area contributed by atoms with E-state index < -0.39 is 11.7 Å². The molecule has 5 heteroatoms. The van der Waals surface area contributed by atoms with Crippen LogP contribution in [0.25, 0.3) is 0 Å². The second-order valence-electron chi connectivity index (χ2n) is 3.90. The third kappa shape index (κ3) is 3.53. The maximum absolute atomic E-state index is 12.9. The standard InChI is InChI=1S/C12H15ClF3N/c1-3-6-17(2)11-5-4-9(8-13)7-10(11)12(14,15)16/h4-5,7H,3,6,8H2,1-2H3. The normalized spacial score (nSPS) is 11.6. The summed E-state index contributed by atoms with van der Waals surface area (Å²) in [5, 5.41) is 0. The van der Waals surface area contributed by atoms with Gasteiger partial charge in [-0.3, -0.25) is 0 Å². The first kappa shape index (κ1) is 14.2. The van der Waals surface area contributed by atoms with Gasteiger partial charge in [0.2, 0.25) is 0 Å². The van der Waals surface area contributed by atoms with E-state index >= 15 is 0 Å². The van der Waals surface area contributed by atoms with Crippen molar-refractivity contribution in [3.8, 4) is 0 Å². The van der Waals surface area contributed by atoms with Crippen LogP contribution in [-0.4, -0.2) is 13.6 Å². The molecule has 1 aromatic carbocycles. The van der Waals surface area contributed by atoms with E-state index in [0.29, 0.717) is 12.1 Å². The lowest BCUT2D eigenvalue weighted by Crippen LogP contribution is -2.22. The smallest absolute Gasteiger partial charge is 0.374 e. The lowest BCUT2D eigenvalue weighted by atomic mass is 10.1.